The monoisotopic (exact) mass is 515 g/mol. The molecule has 7 heteroatoms. The van der Waals surface area contributed by atoms with Crippen molar-refractivity contribution in [3.8, 4) is 5.75 Å². The molecule has 0 radical (unpaired) electrons. The van der Waals surface area contributed by atoms with Gasteiger partial charge in [0.15, 0.2) is 0 Å². The van der Waals surface area contributed by atoms with E-state index in [4.69, 9.17) is 9.15 Å². The summed E-state index contributed by atoms with van der Waals surface area (Å²) in [4.78, 5) is 29.4. The van der Waals surface area contributed by atoms with E-state index in [1.54, 1.807) is 6.07 Å². The van der Waals surface area contributed by atoms with Crippen LogP contribution in [0.5, 0.6) is 5.75 Å². The first-order valence-corrected chi connectivity index (χ1v) is 13.6. The summed E-state index contributed by atoms with van der Waals surface area (Å²) in [6.07, 6.45) is 5.88. The lowest BCUT2D eigenvalue weighted by molar-refractivity contribution is 0.161. The SMILES string of the molecule is CCCc1cc(=O)oc2cc(N3CCN(C(=O)Nc4ccc(C(C)C)cc4)CC3)c3c(c12)OC(C)(C)C=C3. The van der Waals surface area contributed by atoms with E-state index in [0.717, 1.165) is 46.5 Å². The van der Waals surface area contributed by atoms with Crippen LogP contribution in [0.1, 0.15) is 63.6 Å². The van der Waals surface area contributed by atoms with Crippen molar-refractivity contribution in [1.82, 2.24) is 4.90 Å². The largest absolute Gasteiger partial charge is 0.482 e. The molecule has 200 valence electrons. The molecule has 2 aromatic carbocycles. The summed E-state index contributed by atoms with van der Waals surface area (Å²) in [6.45, 7) is 12.9. The molecule has 2 aliphatic rings. The van der Waals surface area contributed by atoms with Crippen LogP contribution < -0.4 is 20.6 Å². The Hall–Kier alpha value is -3.74. The Balaban J connectivity index is 1.39. The molecule has 2 aliphatic heterocycles. The number of aryl methyl sites for hydroxylation is 1. The molecule has 1 aromatic heterocycles. The minimum absolute atomic E-state index is 0.0947. The molecule has 3 heterocycles. The number of hydrogen-bond acceptors (Lipinski definition) is 5. The van der Waals surface area contributed by atoms with Gasteiger partial charge in [0.25, 0.3) is 0 Å². The first kappa shape index (κ1) is 25.9. The van der Waals surface area contributed by atoms with Crippen LogP contribution >= 0.6 is 0 Å². The summed E-state index contributed by atoms with van der Waals surface area (Å²) >= 11 is 0. The maximum atomic E-state index is 13.0. The first-order chi connectivity index (χ1) is 18.1. The summed E-state index contributed by atoms with van der Waals surface area (Å²) < 4.78 is 12.2. The number of ether oxygens (including phenoxy) is 1. The standard InChI is InChI=1S/C31H37N3O4/c1-6-7-22-18-27(35)37-26-19-25(24-12-13-31(4,5)38-29(24)28(22)26)33-14-16-34(17-15-33)30(36)32-23-10-8-21(9-11-23)20(2)3/h8-13,18-20H,6-7,14-17H2,1-5H3,(H,32,36). The van der Waals surface area contributed by atoms with Gasteiger partial charge in [0.1, 0.15) is 16.9 Å². The molecule has 1 N–H and O–H groups in total. The minimum Gasteiger partial charge on any atom is -0.482 e. The number of nitrogens with zero attached hydrogens (tertiary/aromatic N) is 2. The zero-order chi connectivity index (χ0) is 27.0. The first-order valence-electron chi connectivity index (χ1n) is 13.6. The maximum absolute atomic E-state index is 13.0. The predicted molar refractivity (Wildman–Crippen MR) is 154 cm³/mol. The third-order valence-corrected chi connectivity index (χ3v) is 7.36. The lowest BCUT2D eigenvalue weighted by Gasteiger charge is -2.38. The molecule has 0 bridgehead atoms. The summed E-state index contributed by atoms with van der Waals surface area (Å²) in [5.41, 5.74) is 4.68. The van der Waals surface area contributed by atoms with Crippen LogP contribution in [0, 0.1) is 0 Å². The molecule has 0 atom stereocenters. The zero-order valence-corrected chi connectivity index (χ0v) is 23.0. The van der Waals surface area contributed by atoms with Crippen LogP contribution in [-0.4, -0.2) is 42.7 Å². The van der Waals surface area contributed by atoms with Crippen molar-refractivity contribution < 1.29 is 13.9 Å². The molecular weight excluding hydrogens is 478 g/mol. The summed E-state index contributed by atoms with van der Waals surface area (Å²) in [7, 11) is 0. The summed E-state index contributed by atoms with van der Waals surface area (Å²) in [5.74, 6) is 1.22. The number of nitrogens with one attached hydrogen (secondary N) is 1. The molecule has 0 aliphatic carbocycles. The summed E-state index contributed by atoms with van der Waals surface area (Å²) in [5, 5.41) is 3.91. The van der Waals surface area contributed by atoms with E-state index in [0.29, 0.717) is 37.7 Å². The second-order valence-corrected chi connectivity index (χ2v) is 11.1. The second kappa shape index (κ2) is 10.2. The number of piperazine rings is 1. The Morgan fingerprint density at radius 3 is 2.45 bits per heavy atom. The van der Waals surface area contributed by atoms with Gasteiger partial charge in [0, 0.05) is 49.6 Å². The highest BCUT2D eigenvalue weighted by Gasteiger charge is 2.30. The normalized spacial score (nSPS) is 16.5. The lowest BCUT2D eigenvalue weighted by atomic mass is 9.95. The fourth-order valence-electron chi connectivity index (χ4n) is 5.25. The second-order valence-electron chi connectivity index (χ2n) is 11.1. The highest BCUT2D eigenvalue weighted by atomic mass is 16.5. The number of amides is 2. The Morgan fingerprint density at radius 2 is 1.79 bits per heavy atom. The third-order valence-electron chi connectivity index (χ3n) is 7.36. The Bertz CT molecular complexity index is 1430. The van der Waals surface area contributed by atoms with E-state index in [1.165, 1.54) is 5.56 Å². The van der Waals surface area contributed by atoms with Gasteiger partial charge in [-0.15, -0.1) is 0 Å². The van der Waals surface area contributed by atoms with Gasteiger partial charge in [-0.25, -0.2) is 9.59 Å². The number of anilines is 2. The smallest absolute Gasteiger partial charge is 0.336 e. The van der Waals surface area contributed by atoms with E-state index in [2.05, 4.69) is 55.3 Å². The zero-order valence-electron chi connectivity index (χ0n) is 23.0. The van der Waals surface area contributed by atoms with E-state index in [-0.39, 0.29) is 11.7 Å². The van der Waals surface area contributed by atoms with Gasteiger partial charge in [0.2, 0.25) is 0 Å². The van der Waals surface area contributed by atoms with Crippen molar-refractivity contribution in [1.29, 1.82) is 0 Å². The molecule has 2 amide bonds. The lowest BCUT2D eigenvalue weighted by Crippen LogP contribution is -2.50. The molecule has 38 heavy (non-hydrogen) atoms. The number of carbonyl (C=O) groups is 1. The number of benzene rings is 2. The number of hydrogen-bond donors (Lipinski definition) is 1. The number of fused-ring (bicyclic) bond motifs is 3. The predicted octanol–water partition coefficient (Wildman–Crippen LogP) is 6.41. The van der Waals surface area contributed by atoms with Crippen LogP contribution in [0.25, 0.3) is 17.0 Å². The van der Waals surface area contributed by atoms with Crippen molar-refractivity contribution in [2.45, 2.75) is 59.0 Å². The van der Waals surface area contributed by atoms with Crippen LogP contribution in [0.3, 0.4) is 0 Å². The highest BCUT2D eigenvalue weighted by molar-refractivity contribution is 5.97. The average molecular weight is 516 g/mol. The van der Waals surface area contributed by atoms with Crippen LogP contribution in [0.15, 0.2) is 51.7 Å². The number of rotatable bonds is 5. The van der Waals surface area contributed by atoms with Crippen molar-refractivity contribution >= 4 is 34.5 Å². The quantitative estimate of drug-likeness (QED) is 0.398. The topological polar surface area (TPSA) is 75.0 Å². The Kier molecular flexibility index (Phi) is 6.95. The van der Waals surface area contributed by atoms with Gasteiger partial charge >= 0.3 is 11.7 Å². The van der Waals surface area contributed by atoms with Crippen LogP contribution in [-0.2, 0) is 6.42 Å². The molecule has 3 aromatic rings. The van der Waals surface area contributed by atoms with Crippen LogP contribution in [0.4, 0.5) is 16.2 Å². The molecule has 0 unspecified atom stereocenters. The van der Waals surface area contributed by atoms with Crippen molar-refractivity contribution in [3.05, 3.63) is 69.6 Å². The molecule has 1 saturated heterocycles. The minimum atomic E-state index is -0.470. The molecule has 7 nitrogen and oxygen atoms in total. The highest BCUT2D eigenvalue weighted by Crippen LogP contribution is 2.44. The van der Waals surface area contributed by atoms with E-state index < -0.39 is 5.60 Å². The fourth-order valence-corrected chi connectivity index (χ4v) is 5.25. The molecule has 0 saturated carbocycles. The average Bonchev–Trinajstić information content (AvgIpc) is 2.88. The molecular formula is C31H37N3O4. The third kappa shape index (κ3) is 5.15. The summed E-state index contributed by atoms with van der Waals surface area (Å²) in [6, 6.07) is 11.5. The number of carbonyl (C=O) groups excluding carboxylic acids is 1. The van der Waals surface area contributed by atoms with E-state index in [1.807, 2.05) is 36.9 Å². The Labute approximate surface area is 224 Å². The Morgan fingerprint density at radius 1 is 1.08 bits per heavy atom. The van der Waals surface area contributed by atoms with Gasteiger partial charge < -0.3 is 24.3 Å². The van der Waals surface area contributed by atoms with Gasteiger partial charge in [-0.1, -0.05) is 39.3 Å². The van der Waals surface area contributed by atoms with Gasteiger partial charge in [-0.05, 0) is 61.6 Å². The molecule has 1 fully saturated rings. The van der Waals surface area contributed by atoms with Crippen molar-refractivity contribution in [2.24, 2.45) is 0 Å². The van der Waals surface area contributed by atoms with Crippen molar-refractivity contribution in [3.63, 3.8) is 0 Å². The molecule has 0 spiro atoms. The van der Waals surface area contributed by atoms with Crippen molar-refractivity contribution in [2.75, 3.05) is 36.4 Å². The van der Waals surface area contributed by atoms with E-state index in [9.17, 15) is 9.59 Å². The van der Waals surface area contributed by atoms with E-state index >= 15 is 0 Å². The van der Waals surface area contributed by atoms with Gasteiger partial charge in [0.05, 0.1) is 11.1 Å². The molecule has 5 rings (SSSR count). The van der Waals surface area contributed by atoms with Gasteiger partial charge in [-0.2, -0.15) is 0 Å². The number of urea groups is 1. The van der Waals surface area contributed by atoms with Gasteiger partial charge in [-0.3, -0.25) is 0 Å². The fraction of sp³-hybridized carbons (Fsp3) is 0.419. The van der Waals surface area contributed by atoms with Crippen LogP contribution in [0.2, 0.25) is 0 Å². The maximum Gasteiger partial charge on any atom is 0.336 e.